The van der Waals surface area contributed by atoms with E-state index in [-0.39, 0.29) is 24.9 Å². The van der Waals surface area contributed by atoms with E-state index in [1.807, 2.05) is 65.6 Å². The van der Waals surface area contributed by atoms with Crippen LogP contribution < -0.4 is 5.32 Å². The third-order valence-corrected chi connectivity index (χ3v) is 5.05. The maximum atomic E-state index is 13.3. The Morgan fingerprint density at radius 2 is 1.41 bits per heavy atom. The Hall–Kier alpha value is -3.16. The first-order valence-electron chi connectivity index (χ1n) is 10.3. The lowest BCUT2D eigenvalue weighted by atomic mass is 9.96. The van der Waals surface area contributed by atoms with E-state index in [0.717, 1.165) is 17.2 Å². The number of halogens is 3. The number of anilines is 1. The Kier molecular flexibility index (Phi) is 8.03. The van der Waals surface area contributed by atoms with Crippen molar-refractivity contribution in [2.24, 2.45) is 0 Å². The molecular weight excluding hydrogens is 417 g/mol. The van der Waals surface area contributed by atoms with Crippen molar-refractivity contribution >= 4 is 11.6 Å². The minimum Gasteiger partial charge on any atom is -0.396 e. The Labute approximate surface area is 185 Å². The third kappa shape index (κ3) is 6.18. The summed E-state index contributed by atoms with van der Waals surface area (Å²) in [5, 5.41) is 11.8. The van der Waals surface area contributed by atoms with Gasteiger partial charge in [-0.25, -0.2) is 0 Å². The molecule has 0 aromatic heterocycles. The Morgan fingerprint density at radius 1 is 0.875 bits per heavy atom. The van der Waals surface area contributed by atoms with E-state index in [4.69, 9.17) is 0 Å². The summed E-state index contributed by atoms with van der Waals surface area (Å²) in [7, 11) is 0. The van der Waals surface area contributed by atoms with Crippen molar-refractivity contribution in [3.63, 3.8) is 0 Å². The zero-order chi connectivity index (χ0) is 23.0. The number of amides is 1. The topological polar surface area (TPSA) is 52.6 Å². The van der Waals surface area contributed by atoms with Crippen molar-refractivity contribution in [3.05, 3.63) is 102 Å². The van der Waals surface area contributed by atoms with Crippen LogP contribution in [0.15, 0.2) is 84.9 Å². The van der Waals surface area contributed by atoms with Gasteiger partial charge < -0.3 is 10.4 Å². The van der Waals surface area contributed by atoms with Crippen LogP contribution in [-0.2, 0) is 11.0 Å². The number of carbonyl (C=O) groups is 1. The molecule has 1 amide bonds. The van der Waals surface area contributed by atoms with Crippen molar-refractivity contribution in [1.82, 2.24) is 4.90 Å². The average Bonchev–Trinajstić information content (AvgIpc) is 2.78. The van der Waals surface area contributed by atoms with Gasteiger partial charge in [0, 0.05) is 13.2 Å². The summed E-state index contributed by atoms with van der Waals surface area (Å²) in [5.74, 6) is -0.559. The van der Waals surface area contributed by atoms with Gasteiger partial charge in [0.2, 0.25) is 5.91 Å². The van der Waals surface area contributed by atoms with Crippen molar-refractivity contribution in [2.45, 2.75) is 18.6 Å². The molecule has 0 heterocycles. The summed E-state index contributed by atoms with van der Waals surface area (Å²) in [6, 6.07) is 23.8. The van der Waals surface area contributed by atoms with Crippen molar-refractivity contribution in [3.8, 4) is 0 Å². The van der Waals surface area contributed by atoms with Crippen LogP contribution in [0.25, 0.3) is 0 Å². The highest BCUT2D eigenvalue weighted by Crippen LogP contribution is 2.35. The van der Waals surface area contributed by atoms with Crippen LogP contribution in [0.2, 0.25) is 0 Å². The number of alkyl halides is 3. The SMILES string of the molecule is O=C(CN(CCCO)C(c1ccccc1)c1ccccc1)Nc1ccccc1C(F)(F)F. The van der Waals surface area contributed by atoms with Gasteiger partial charge in [-0.05, 0) is 29.7 Å². The molecule has 3 aromatic carbocycles. The number of hydrogen-bond donors (Lipinski definition) is 2. The monoisotopic (exact) mass is 442 g/mol. The summed E-state index contributed by atoms with van der Waals surface area (Å²) < 4.78 is 39.9. The molecular formula is C25H25F3N2O2. The number of aliphatic hydroxyl groups excluding tert-OH is 1. The van der Waals surface area contributed by atoms with Crippen molar-refractivity contribution < 1.29 is 23.1 Å². The molecule has 32 heavy (non-hydrogen) atoms. The Morgan fingerprint density at radius 3 is 1.94 bits per heavy atom. The molecule has 2 N–H and O–H groups in total. The first-order valence-corrected chi connectivity index (χ1v) is 10.3. The molecule has 0 spiro atoms. The number of nitrogens with one attached hydrogen (secondary N) is 1. The van der Waals surface area contributed by atoms with Crippen LogP contribution >= 0.6 is 0 Å². The van der Waals surface area contributed by atoms with E-state index < -0.39 is 17.6 Å². The number of aliphatic hydroxyl groups is 1. The predicted octanol–water partition coefficient (Wildman–Crippen LogP) is 5.12. The molecule has 0 unspecified atom stereocenters. The molecule has 0 saturated heterocycles. The summed E-state index contributed by atoms with van der Waals surface area (Å²) in [4.78, 5) is 14.7. The average molecular weight is 442 g/mol. The largest absolute Gasteiger partial charge is 0.418 e. The van der Waals surface area contributed by atoms with E-state index in [1.165, 1.54) is 18.2 Å². The van der Waals surface area contributed by atoms with Gasteiger partial charge in [-0.3, -0.25) is 9.69 Å². The summed E-state index contributed by atoms with van der Waals surface area (Å²) in [6.07, 6.45) is -4.15. The van der Waals surface area contributed by atoms with Gasteiger partial charge in [0.05, 0.1) is 23.8 Å². The smallest absolute Gasteiger partial charge is 0.396 e. The predicted molar refractivity (Wildman–Crippen MR) is 118 cm³/mol. The second-order valence-electron chi connectivity index (χ2n) is 7.36. The molecule has 0 saturated carbocycles. The first-order chi connectivity index (χ1) is 15.4. The van der Waals surface area contributed by atoms with E-state index in [1.54, 1.807) is 0 Å². The molecule has 7 heteroatoms. The molecule has 0 aliphatic heterocycles. The molecule has 4 nitrogen and oxygen atoms in total. The normalized spacial score (nSPS) is 11.7. The highest BCUT2D eigenvalue weighted by molar-refractivity contribution is 5.93. The fraction of sp³-hybridized carbons (Fsp3) is 0.240. The zero-order valence-corrected chi connectivity index (χ0v) is 17.4. The molecule has 0 radical (unpaired) electrons. The van der Waals surface area contributed by atoms with Crippen LogP contribution in [0, 0.1) is 0 Å². The summed E-state index contributed by atoms with van der Waals surface area (Å²) in [6.45, 7) is 0.186. The zero-order valence-electron chi connectivity index (χ0n) is 17.4. The third-order valence-electron chi connectivity index (χ3n) is 5.05. The summed E-state index contributed by atoms with van der Waals surface area (Å²) in [5.41, 5.74) is 0.723. The number of rotatable bonds is 9. The maximum Gasteiger partial charge on any atom is 0.418 e. The summed E-state index contributed by atoms with van der Waals surface area (Å²) >= 11 is 0. The second-order valence-corrected chi connectivity index (χ2v) is 7.36. The van der Waals surface area contributed by atoms with Crippen LogP contribution in [0.4, 0.5) is 18.9 Å². The number of carbonyl (C=O) groups excluding carboxylic acids is 1. The Bertz CT molecular complexity index is 955. The lowest BCUT2D eigenvalue weighted by Crippen LogP contribution is -2.38. The van der Waals surface area contributed by atoms with Crippen molar-refractivity contribution in [1.29, 1.82) is 0 Å². The molecule has 0 atom stereocenters. The van der Waals surface area contributed by atoms with E-state index >= 15 is 0 Å². The number of hydrogen-bond acceptors (Lipinski definition) is 3. The molecule has 0 aliphatic carbocycles. The van der Waals surface area contributed by atoms with Gasteiger partial charge in [-0.2, -0.15) is 13.2 Å². The number of nitrogens with zero attached hydrogens (tertiary/aromatic N) is 1. The molecule has 3 aromatic rings. The van der Waals surface area contributed by atoms with Crippen molar-refractivity contribution in [2.75, 3.05) is 25.0 Å². The lowest BCUT2D eigenvalue weighted by Gasteiger charge is -2.32. The highest BCUT2D eigenvalue weighted by atomic mass is 19.4. The quantitative estimate of drug-likeness (QED) is 0.484. The fourth-order valence-electron chi connectivity index (χ4n) is 3.67. The first kappa shape index (κ1) is 23.5. The molecule has 0 fully saturated rings. The van der Waals surface area contributed by atoms with Crippen LogP contribution in [-0.4, -0.2) is 35.6 Å². The van der Waals surface area contributed by atoms with E-state index in [2.05, 4.69) is 5.32 Å². The van der Waals surface area contributed by atoms with Crippen LogP contribution in [0.3, 0.4) is 0 Å². The van der Waals surface area contributed by atoms with Gasteiger partial charge in [0.25, 0.3) is 0 Å². The van der Waals surface area contributed by atoms with Crippen LogP contribution in [0.1, 0.15) is 29.2 Å². The molecule has 168 valence electrons. The molecule has 3 rings (SSSR count). The number of para-hydroxylation sites is 1. The van der Waals surface area contributed by atoms with Gasteiger partial charge >= 0.3 is 6.18 Å². The van der Waals surface area contributed by atoms with Gasteiger partial charge in [0.1, 0.15) is 0 Å². The maximum absolute atomic E-state index is 13.3. The van der Waals surface area contributed by atoms with E-state index in [0.29, 0.717) is 13.0 Å². The van der Waals surface area contributed by atoms with Gasteiger partial charge in [-0.15, -0.1) is 0 Å². The van der Waals surface area contributed by atoms with E-state index in [9.17, 15) is 23.1 Å². The van der Waals surface area contributed by atoms with Crippen LogP contribution in [0.5, 0.6) is 0 Å². The minimum absolute atomic E-state index is 0.0642. The highest BCUT2D eigenvalue weighted by Gasteiger charge is 2.34. The minimum atomic E-state index is -4.57. The molecule has 0 bridgehead atoms. The molecule has 0 aliphatic rings. The lowest BCUT2D eigenvalue weighted by molar-refractivity contribution is -0.137. The Balaban J connectivity index is 1.89. The van der Waals surface area contributed by atoms with Gasteiger partial charge in [0.15, 0.2) is 0 Å². The van der Waals surface area contributed by atoms with Gasteiger partial charge in [-0.1, -0.05) is 72.8 Å². The number of benzene rings is 3. The standard InChI is InChI=1S/C25H25F3N2O2/c26-25(27,28)21-14-7-8-15-22(21)29-23(32)18-30(16-9-17-31)24(19-10-3-1-4-11-19)20-12-5-2-6-13-20/h1-8,10-15,24,31H,9,16-18H2,(H,29,32). The fourth-order valence-corrected chi connectivity index (χ4v) is 3.67. The second kappa shape index (κ2) is 10.9.